The molecule has 0 saturated heterocycles. The largest absolute Gasteiger partial charge is 0.497 e. The minimum absolute atomic E-state index is 0.441. The maximum atomic E-state index is 12.0. The lowest BCUT2D eigenvalue weighted by Gasteiger charge is -2.25. The van der Waals surface area contributed by atoms with E-state index in [4.69, 9.17) is 15.9 Å². The van der Waals surface area contributed by atoms with Crippen LogP contribution in [0.1, 0.15) is 26.3 Å². The Kier molecular flexibility index (Phi) is 4.44. The van der Waals surface area contributed by atoms with Gasteiger partial charge in [0.15, 0.2) is 0 Å². The van der Waals surface area contributed by atoms with Crippen molar-refractivity contribution in [3.05, 3.63) is 23.8 Å². The van der Waals surface area contributed by atoms with E-state index in [1.54, 1.807) is 32.4 Å². The van der Waals surface area contributed by atoms with Gasteiger partial charge in [0.2, 0.25) is 0 Å². The smallest absolute Gasteiger partial charge is 0.414 e. The summed E-state index contributed by atoms with van der Waals surface area (Å²) in [7, 11) is 3.18. The first-order valence-electron chi connectivity index (χ1n) is 5.89. The average Bonchev–Trinajstić information content (AvgIpc) is 2.35. The zero-order valence-corrected chi connectivity index (χ0v) is 12.0. The minimum Gasteiger partial charge on any atom is -0.497 e. The normalized spacial score (nSPS) is 10.5. The van der Waals surface area contributed by atoms with E-state index in [-0.39, 0.29) is 0 Å². The van der Waals surface area contributed by atoms with E-state index in [0.717, 1.165) is 0 Å². The highest BCUT2D eigenvalue weighted by molar-refractivity contribution is 5.87. The fourth-order valence-corrected chi connectivity index (χ4v) is 1.41. The van der Waals surface area contributed by atoms with Gasteiger partial charge in [-0.2, -0.15) is 0 Å². The number of anilines is 1. The highest BCUT2D eigenvalue weighted by atomic mass is 16.6. The van der Waals surface area contributed by atoms with Crippen LogP contribution in [0.3, 0.4) is 0 Å². The number of nitrogens with zero attached hydrogens (tertiary/aromatic N) is 1. The van der Waals surface area contributed by atoms with E-state index in [1.807, 2.05) is 20.8 Å². The molecule has 0 aliphatic rings. The highest BCUT2D eigenvalue weighted by Gasteiger charge is 2.21. The fraction of sp³-hybridized carbons (Fsp3) is 0.400. The number of carbonyl (C=O) groups excluding carboxylic acids is 1. The Morgan fingerprint density at radius 3 is 2.42 bits per heavy atom. The van der Waals surface area contributed by atoms with Crippen LogP contribution in [0.5, 0.6) is 5.75 Å². The van der Waals surface area contributed by atoms with Gasteiger partial charge in [-0.25, -0.2) is 4.79 Å². The average molecular weight is 261 g/mol. The van der Waals surface area contributed by atoms with Gasteiger partial charge in [0, 0.05) is 18.7 Å². The van der Waals surface area contributed by atoms with Gasteiger partial charge in [-0.1, -0.05) is 5.92 Å². The second kappa shape index (κ2) is 5.66. The molecule has 0 N–H and O–H groups in total. The topological polar surface area (TPSA) is 38.8 Å². The molecule has 4 heteroatoms. The van der Waals surface area contributed by atoms with Crippen LogP contribution in [-0.2, 0) is 4.74 Å². The van der Waals surface area contributed by atoms with Crippen molar-refractivity contribution in [2.24, 2.45) is 0 Å². The zero-order valence-electron chi connectivity index (χ0n) is 12.0. The molecule has 0 aliphatic carbocycles. The molecule has 0 spiro atoms. The maximum absolute atomic E-state index is 12.0. The second-order valence-electron chi connectivity index (χ2n) is 5.10. The summed E-state index contributed by atoms with van der Waals surface area (Å²) in [5.74, 6) is 3.12. The lowest BCUT2D eigenvalue weighted by molar-refractivity contribution is 0.0589. The van der Waals surface area contributed by atoms with Crippen LogP contribution in [0.25, 0.3) is 0 Å². The van der Waals surface area contributed by atoms with E-state index in [0.29, 0.717) is 17.0 Å². The third kappa shape index (κ3) is 4.22. The number of ether oxygens (including phenoxy) is 2. The van der Waals surface area contributed by atoms with Gasteiger partial charge >= 0.3 is 6.09 Å². The van der Waals surface area contributed by atoms with Crippen LogP contribution in [0.2, 0.25) is 0 Å². The number of hydrogen-bond donors (Lipinski definition) is 0. The molecule has 0 unspecified atom stereocenters. The standard InChI is InChI=1S/C15H19NO3/c1-7-11-8-12(10-13(9-11)18-6)16(5)14(17)19-15(2,3)4/h1,8-10H,2-6H3. The number of amides is 1. The van der Waals surface area contributed by atoms with Crippen molar-refractivity contribution in [1.29, 1.82) is 0 Å². The van der Waals surface area contributed by atoms with Gasteiger partial charge in [-0.3, -0.25) is 4.90 Å². The van der Waals surface area contributed by atoms with E-state index in [1.165, 1.54) is 4.90 Å². The van der Waals surface area contributed by atoms with Crippen LogP contribution in [-0.4, -0.2) is 25.9 Å². The van der Waals surface area contributed by atoms with Crippen LogP contribution in [0.4, 0.5) is 10.5 Å². The van der Waals surface area contributed by atoms with Crippen molar-refractivity contribution < 1.29 is 14.3 Å². The van der Waals surface area contributed by atoms with Crippen molar-refractivity contribution in [3.8, 4) is 18.1 Å². The molecular weight excluding hydrogens is 242 g/mol. The summed E-state index contributed by atoms with van der Waals surface area (Å²) in [4.78, 5) is 13.4. The van der Waals surface area contributed by atoms with E-state index < -0.39 is 11.7 Å². The number of rotatable bonds is 2. The first-order chi connectivity index (χ1) is 8.76. The molecular formula is C15H19NO3. The van der Waals surface area contributed by atoms with Crippen LogP contribution in [0.15, 0.2) is 18.2 Å². The molecule has 0 bridgehead atoms. The van der Waals surface area contributed by atoms with E-state index in [2.05, 4.69) is 5.92 Å². The molecule has 1 aromatic carbocycles. The number of terminal acetylenes is 1. The zero-order chi connectivity index (χ0) is 14.6. The number of carbonyl (C=O) groups is 1. The first kappa shape index (κ1) is 14.9. The second-order valence-corrected chi connectivity index (χ2v) is 5.10. The molecule has 0 fully saturated rings. The van der Waals surface area contributed by atoms with Gasteiger partial charge in [0.25, 0.3) is 0 Å². The predicted octanol–water partition coefficient (Wildman–Crippen LogP) is 3.05. The number of hydrogen-bond acceptors (Lipinski definition) is 3. The molecule has 0 aromatic heterocycles. The maximum Gasteiger partial charge on any atom is 0.414 e. The summed E-state index contributed by atoms with van der Waals surface area (Å²) < 4.78 is 10.4. The summed E-state index contributed by atoms with van der Waals surface area (Å²) in [5, 5.41) is 0. The van der Waals surface area contributed by atoms with Gasteiger partial charge in [0.05, 0.1) is 12.8 Å². The van der Waals surface area contributed by atoms with Crippen LogP contribution in [0, 0.1) is 12.3 Å². The van der Waals surface area contributed by atoms with Crippen LogP contribution < -0.4 is 9.64 Å². The quantitative estimate of drug-likeness (QED) is 0.768. The molecule has 1 amide bonds. The Morgan fingerprint density at radius 1 is 1.32 bits per heavy atom. The lowest BCUT2D eigenvalue weighted by Crippen LogP contribution is -2.34. The van der Waals surface area contributed by atoms with Crippen molar-refractivity contribution in [3.63, 3.8) is 0 Å². The number of methoxy groups -OCH3 is 1. The van der Waals surface area contributed by atoms with Gasteiger partial charge in [-0.15, -0.1) is 6.42 Å². The molecule has 1 aromatic rings. The summed E-state index contributed by atoms with van der Waals surface area (Å²) in [6, 6.07) is 5.18. The van der Waals surface area contributed by atoms with Gasteiger partial charge < -0.3 is 9.47 Å². The fourth-order valence-electron chi connectivity index (χ4n) is 1.41. The van der Waals surface area contributed by atoms with Gasteiger partial charge in [-0.05, 0) is 32.9 Å². The molecule has 0 heterocycles. The molecule has 0 atom stereocenters. The summed E-state index contributed by atoms with van der Waals surface area (Å²) in [5.41, 5.74) is 0.727. The Balaban J connectivity index is 3.02. The van der Waals surface area contributed by atoms with Crippen molar-refractivity contribution >= 4 is 11.8 Å². The lowest BCUT2D eigenvalue weighted by atomic mass is 10.2. The molecule has 19 heavy (non-hydrogen) atoms. The SMILES string of the molecule is C#Cc1cc(OC)cc(N(C)C(=O)OC(C)(C)C)c1. The molecule has 4 nitrogen and oxygen atoms in total. The molecule has 0 saturated carbocycles. The first-order valence-corrected chi connectivity index (χ1v) is 5.89. The molecule has 0 aliphatic heterocycles. The van der Waals surface area contributed by atoms with Gasteiger partial charge in [0.1, 0.15) is 11.4 Å². The Morgan fingerprint density at radius 2 is 1.95 bits per heavy atom. The third-order valence-corrected chi connectivity index (χ3v) is 2.35. The predicted molar refractivity (Wildman–Crippen MR) is 75.6 cm³/mol. The molecule has 102 valence electrons. The van der Waals surface area contributed by atoms with E-state index >= 15 is 0 Å². The number of benzene rings is 1. The Labute approximate surface area is 114 Å². The van der Waals surface area contributed by atoms with Crippen molar-refractivity contribution in [2.75, 3.05) is 19.1 Å². The summed E-state index contributed by atoms with van der Waals surface area (Å²) >= 11 is 0. The molecule has 0 radical (unpaired) electrons. The Hall–Kier alpha value is -2.15. The van der Waals surface area contributed by atoms with E-state index in [9.17, 15) is 4.79 Å². The van der Waals surface area contributed by atoms with Crippen molar-refractivity contribution in [2.45, 2.75) is 26.4 Å². The summed E-state index contributed by atoms with van der Waals surface area (Å²) in [6.45, 7) is 5.45. The minimum atomic E-state index is -0.543. The third-order valence-electron chi connectivity index (χ3n) is 2.35. The molecule has 1 rings (SSSR count). The van der Waals surface area contributed by atoms with Crippen molar-refractivity contribution in [1.82, 2.24) is 0 Å². The monoisotopic (exact) mass is 261 g/mol. The highest BCUT2D eigenvalue weighted by Crippen LogP contribution is 2.24. The Bertz CT molecular complexity index is 509. The van der Waals surface area contributed by atoms with Crippen LogP contribution >= 0.6 is 0 Å². The summed E-state index contributed by atoms with van der Waals surface area (Å²) in [6.07, 6.45) is 4.94.